The van der Waals surface area contributed by atoms with Gasteiger partial charge in [-0.05, 0) is 37.1 Å². The molecule has 1 fully saturated rings. The van der Waals surface area contributed by atoms with Gasteiger partial charge in [-0.25, -0.2) is 4.39 Å². The molecule has 2 N–H and O–H groups in total. The Balaban J connectivity index is 2.11. The summed E-state index contributed by atoms with van der Waals surface area (Å²) in [5.74, 6) is -0.305. The fourth-order valence-electron chi connectivity index (χ4n) is 2.73. The highest BCUT2D eigenvalue weighted by molar-refractivity contribution is 6.06. The van der Waals surface area contributed by atoms with Gasteiger partial charge in [0.1, 0.15) is 5.82 Å². The molecular weight excluding hydrogens is 207 g/mol. The number of hydrogen-bond donors (Lipinski definition) is 2. The van der Waals surface area contributed by atoms with Crippen LogP contribution in [0.5, 0.6) is 0 Å². The molecular formula is C12H13FN2O. The average molecular weight is 220 g/mol. The lowest BCUT2D eigenvalue weighted by molar-refractivity contribution is -0.121. The molecule has 3 rings (SSSR count). The van der Waals surface area contributed by atoms with Crippen LogP contribution in [0.25, 0.3) is 0 Å². The van der Waals surface area contributed by atoms with E-state index >= 15 is 0 Å². The first-order chi connectivity index (χ1) is 7.72. The maximum absolute atomic E-state index is 13.1. The van der Waals surface area contributed by atoms with Crippen LogP contribution in [-0.4, -0.2) is 19.0 Å². The smallest absolute Gasteiger partial charge is 0.236 e. The third kappa shape index (κ3) is 1.19. The fourth-order valence-corrected chi connectivity index (χ4v) is 2.73. The van der Waals surface area contributed by atoms with Crippen molar-refractivity contribution in [2.24, 2.45) is 0 Å². The van der Waals surface area contributed by atoms with Crippen LogP contribution in [0.4, 0.5) is 10.1 Å². The first-order valence-electron chi connectivity index (χ1n) is 5.55. The molecule has 16 heavy (non-hydrogen) atoms. The molecule has 1 aromatic rings. The number of fused-ring (bicyclic) bond motifs is 2. The van der Waals surface area contributed by atoms with Gasteiger partial charge < -0.3 is 10.6 Å². The minimum atomic E-state index is -0.471. The molecule has 0 saturated carbocycles. The molecule has 1 saturated heterocycles. The molecule has 0 radical (unpaired) electrons. The first-order valence-corrected chi connectivity index (χ1v) is 5.55. The topological polar surface area (TPSA) is 41.1 Å². The lowest BCUT2D eigenvalue weighted by Crippen LogP contribution is -2.47. The van der Waals surface area contributed by atoms with E-state index in [0.717, 1.165) is 24.9 Å². The van der Waals surface area contributed by atoms with E-state index in [-0.39, 0.29) is 11.7 Å². The normalized spacial score (nSPS) is 27.9. The molecule has 2 aliphatic rings. The first kappa shape index (κ1) is 9.78. The third-order valence-corrected chi connectivity index (χ3v) is 3.56. The molecule has 3 nitrogen and oxygen atoms in total. The Morgan fingerprint density at radius 1 is 1.38 bits per heavy atom. The maximum atomic E-state index is 13.1. The fraction of sp³-hybridized carbons (Fsp3) is 0.417. The summed E-state index contributed by atoms with van der Waals surface area (Å²) in [5, 5.41) is 6.03. The Labute approximate surface area is 93.0 Å². The van der Waals surface area contributed by atoms with Crippen LogP contribution in [0.1, 0.15) is 18.4 Å². The van der Waals surface area contributed by atoms with Gasteiger partial charge in [-0.3, -0.25) is 4.79 Å². The van der Waals surface area contributed by atoms with Crippen molar-refractivity contribution in [3.63, 3.8) is 0 Å². The average Bonchev–Trinajstić information content (AvgIpc) is 2.53. The summed E-state index contributed by atoms with van der Waals surface area (Å²) < 4.78 is 13.1. The van der Waals surface area contributed by atoms with Crippen LogP contribution in [0.3, 0.4) is 0 Å². The number of halogens is 1. The van der Waals surface area contributed by atoms with Crippen LogP contribution in [0, 0.1) is 5.82 Å². The van der Waals surface area contributed by atoms with Gasteiger partial charge in [0, 0.05) is 12.2 Å². The van der Waals surface area contributed by atoms with Crippen molar-refractivity contribution < 1.29 is 9.18 Å². The Morgan fingerprint density at radius 3 is 3.00 bits per heavy atom. The zero-order valence-electron chi connectivity index (χ0n) is 8.85. The van der Waals surface area contributed by atoms with Crippen molar-refractivity contribution in [3.8, 4) is 0 Å². The summed E-state index contributed by atoms with van der Waals surface area (Å²) in [6, 6.07) is 4.56. The van der Waals surface area contributed by atoms with E-state index in [4.69, 9.17) is 0 Å². The SMILES string of the molecule is O=C1Nc2cc(F)ccc2C12CCCNC2. The van der Waals surface area contributed by atoms with Gasteiger partial charge in [-0.2, -0.15) is 0 Å². The number of anilines is 1. The number of carbonyl (C=O) groups is 1. The van der Waals surface area contributed by atoms with Crippen molar-refractivity contribution in [2.45, 2.75) is 18.3 Å². The standard InChI is InChI=1S/C12H13FN2O/c13-8-2-3-9-10(6-8)15-11(16)12(9)4-1-5-14-7-12/h2-3,6,14H,1,4-5,7H2,(H,15,16). The van der Waals surface area contributed by atoms with Gasteiger partial charge in [0.2, 0.25) is 5.91 Å². The molecule has 1 atom stereocenters. The highest BCUT2D eigenvalue weighted by Gasteiger charge is 2.47. The van der Waals surface area contributed by atoms with E-state index in [2.05, 4.69) is 10.6 Å². The maximum Gasteiger partial charge on any atom is 0.236 e. The van der Waals surface area contributed by atoms with E-state index in [1.165, 1.54) is 12.1 Å². The Morgan fingerprint density at radius 2 is 2.25 bits per heavy atom. The number of amides is 1. The lowest BCUT2D eigenvalue weighted by atomic mass is 9.76. The molecule has 84 valence electrons. The Kier molecular flexibility index (Phi) is 2.01. The van der Waals surface area contributed by atoms with Crippen molar-refractivity contribution >= 4 is 11.6 Å². The molecule has 4 heteroatoms. The quantitative estimate of drug-likeness (QED) is 0.694. The van der Waals surface area contributed by atoms with Crippen molar-refractivity contribution in [3.05, 3.63) is 29.6 Å². The second kappa shape index (κ2) is 3.28. The summed E-state index contributed by atoms with van der Waals surface area (Å²) in [6.07, 6.45) is 1.81. The summed E-state index contributed by atoms with van der Waals surface area (Å²) in [7, 11) is 0. The summed E-state index contributed by atoms with van der Waals surface area (Å²) >= 11 is 0. The van der Waals surface area contributed by atoms with Crippen LogP contribution in [0.2, 0.25) is 0 Å². The van der Waals surface area contributed by atoms with Crippen LogP contribution < -0.4 is 10.6 Å². The third-order valence-electron chi connectivity index (χ3n) is 3.56. The summed E-state index contributed by atoms with van der Waals surface area (Å²) in [4.78, 5) is 12.0. The zero-order chi connectivity index (χ0) is 11.2. The number of benzene rings is 1. The minimum Gasteiger partial charge on any atom is -0.325 e. The number of nitrogens with one attached hydrogen (secondary N) is 2. The molecule has 0 bridgehead atoms. The van der Waals surface area contributed by atoms with Gasteiger partial charge in [0.25, 0.3) is 0 Å². The highest BCUT2D eigenvalue weighted by Crippen LogP contribution is 2.42. The largest absolute Gasteiger partial charge is 0.325 e. The van der Waals surface area contributed by atoms with Gasteiger partial charge in [0.15, 0.2) is 0 Å². The molecule has 1 spiro atoms. The molecule has 1 unspecified atom stereocenters. The van der Waals surface area contributed by atoms with Crippen molar-refractivity contribution in [1.82, 2.24) is 5.32 Å². The lowest BCUT2D eigenvalue weighted by Gasteiger charge is -2.32. The summed E-state index contributed by atoms with van der Waals surface area (Å²) in [6.45, 7) is 1.60. The van der Waals surface area contributed by atoms with Gasteiger partial charge >= 0.3 is 0 Å². The van der Waals surface area contributed by atoms with Crippen LogP contribution >= 0.6 is 0 Å². The van der Waals surface area contributed by atoms with Crippen LogP contribution in [-0.2, 0) is 10.2 Å². The molecule has 1 amide bonds. The minimum absolute atomic E-state index is 0.000278. The van der Waals surface area contributed by atoms with Gasteiger partial charge in [-0.1, -0.05) is 6.07 Å². The van der Waals surface area contributed by atoms with E-state index < -0.39 is 5.41 Å². The number of carbonyl (C=O) groups excluding carboxylic acids is 1. The van der Waals surface area contributed by atoms with E-state index in [1.807, 2.05) is 0 Å². The summed E-state index contributed by atoms with van der Waals surface area (Å²) in [5.41, 5.74) is 1.10. The van der Waals surface area contributed by atoms with Crippen molar-refractivity contribution in [2.75, 3.05) is 18.4 Å². The molecule has 0 aromatic heterocycles. The molecule has 2 heterocycles. The predicted octanol–water partition coefficient (Wildman–Crippen LogP) is 1.40. The van der Waals surface area contributed by atoms with E-state index in [0.29, 0.717) is 12.2 Å². The zero-order valence-corrected chi connectivity index (χ0v) is 8.85. The van der Waals surface area contributed by atoms with Crippen molar-refractivity contribution in [1.29, 1.82) is 0 Å². The number of rotatable bonds is 0. The number of hydrogen-bond acceptors (Lipinski definition) is 2. The Bertz CT molecular complexity index is 452. The Hall–Kier alpha value is -1.42. The number of piperidine rings is 1. The molecule has 2 aliphatic heterocycles. The van der Waals surface area contributed by atoms with E-state index in [9.17, 15) is 9.18 Å². The second-order valence-corrected chi connectivity index (χ2v) is 4.51. The predicted molar refractivity (Wildman–Crippen MR) is 58.8 cm³/mol. The van der Waals surface area contributed by atoms with E-state index in [1.54, 1.807) is 6.07 Å². The van der Waals surface area contributed by atoms with Crippen LogP contribution in [0.15, 0.2) is 18.2 Å². The van der Waals surface area contributed by atoms with Gasteiger partial charge in [-0.15, -0.1) is 0 Å². The molecule has 1 aromatic carbocycles. The van der Waals surface area contributed by atoms with Gasteiger partial charge in [0.05, 0.1) is 5.41 Å². The molecule has 0 aliphatic carbocycles. The highest BCUT2D eigenvalue weighted by atomic mass is 19.1. The monoisotopic (exact) mass is 220 g/mol. The second-order valence-electron chi connectivity index (χ2n) is 4.51.